The lowest BCUT2D eigenvalue weighted by atomic mass is 9.98. The maximum Gasteiger partial charge on any atom is 0.446 e. The van der Waals surface area contributed by atoms with Gasteiger partial charge in [0.25, 0.3) is 0 Å². The van der Waals surface area contributed by atoms with E-state index in [2.05, 4.69) is 44.7 Å². The van der Waals surface area contributed by atoms with Crippen molar-refractivity contribution >= 4 is 33.9 Å². The summed E-state index contributed by atoms with van der Waals surface area (Å²) in [5.74, 6) is 5.77. The highest BCUT2D eigenvalue weighted by atomic mass is 32.2. The van der Waals surface area contributed by atoms with Crippen molar-refractivity contribution in [1.82, 2.24) is 15.6 Å². The van der Waals surface area contributed by atoms with E-state index in [1.54, 1.807) is 19.2 Å². The van der Waals surface area contributed by atoms with Crippen LogP contribution in [0, 0.1) is 11.8 Å². The minimum atomic E-state index is -4.60. The van der Waals surface area contributed by atoms with Crippen LogP contribution in [0.3, 0.4) is 0 Å². The molecule has 2 bridgehead atoms. The molecular weight excluding hydrogens is 540 g/mol. The molecule has 6 N–H and O–H groups in total. The van der Waals surface area contributed by atoms with E-state index in [9.17, 15) is 17.6 Å². The van der Waals surface area contributed by atoms with E-state index in [0.717, 1.165) is 41.8 Å². The Hall–Kier alpha value is -3.36. The summed E-state index contributed by atoms with van der Waals surface area (Å²) >= 11 is -0.362. The zero-order valence-electron chi connectivity index (χ0n) is 22.5. The molecule has 11 heteroatoms. The van der Waals surface area contributed by atoms with Crippen LogP contribution in [0.15, 0.2) is 48.7 Å². The number of allylic oxidation sites excluding steroid dienone is 1. The minimum absolute atomic E-state index is 0.0194. The standard InChI is InChI=1S/C29H34F4N6S/c1-4-18-10-11-19(17(2)35-3)15-24(18)36-14-6-7-21(34)28(40-29(31,32)33)23-8-5-9-26(38-23)39-25-16-20-12-13-22(37-20)27(25)30/h5,8-11,15,20,22,25,27,35-37H,2,4,12-14,16,34H2,1,3H3,(H,38,39)/b28-21+. The highest BCUT2D eigenvalue weighted by Gasteiger charge is 2.42. The normalized spacial score (nSPS) is 22.6. The van der Waals surface area contributed by atoms with Gasteiger partial charge in [0.05, 0.1) is 28.9 Å². The first kappa shape index (κ1) is 29.6. The molecule has 4 unspecified atom stereocenters. The lowest BCUT2D eigenvalue weighted by molar-refractivity contribution is -0.0318. The fourth-order valence-corrected chi connectivity index (χ4v) is 5.66. The van der Waals surface area contributed by atoms with Crippen LogP contribution in [0.2, 0.25) is 0 Å². The second-order valence-electron chi connectivity index (χ2n) is 9.79. The van der Waals surface area contributed by atoms with Gasteiger partial charge < -0.3 is 27.0 Å². The van der Waals surface area contributed by atoms with Crippen LogP contribution < -0.4 is 27.0 Å². The molecule has 6 nitrogen and oxygen atoms in total. The van der Waals surface area contributed by atoms with E-state index in [1.807, 2.05) is 25.1 Å². The summed E-state index contributed by atoms with van der Waals surface area (Å²) < 4.78 is 55.4. The first-order valence-electron chi connectivity index (χ1n) is 13.2. The van der Waals surface area contributed by atoms with Crippen molar-refractivity contribution < 1.29 is 17.6 Å². The van der Waals surface area contributed by atoms with Crippen LogP contribution in [0.4, 0.5) is 29.1 Å². The fraction of sp³-hybridized carbons (Fsp3) is 0.414. The molecular formula is C29H34F4N6S. The molecule has 2 saturated heterocycles. The lowest BCUT2D eigenvalue weighted by Gasteiger charge is -2.33. The zero-order chi connectivity index (χ0) is 28.9. The van der Waals surface area contributed by atoms with Gasteiger partial charge in [-0.05, 0) is 72.7 Å². The van der Waals surface area contributed by atoms with Crippen molar-refractivity contribution in [2.24, 2.45) is 5.73 Å². The van der Waals surface area contributed by atoms with Gasteiger partial charge in [-0.25, -0.2) is 9.37 Å². The molecule has 0 radical (unpaired) electrons. The molecule has 2 aliphatic heterocycles. The molecule has 4 rings (SSSR count). The summed E-state index contributed by atoms with van der Waals surface area (Å²) in [7, 11) is 1.79. The van der Waals surface area contributed by atoms with Crippen LogP contribution in [0.5, 0.6) is 0 Å². The van der Waals surface area contributed by atoms with E-state index in [-0.39, 0.29) is 46.7 Å². The molecule has 1 aromatic heterocycles. The maximum absolute atomic E-state index is 14.9. The molecule has 40 heavy (non-hydrogen) atoms. The third-order valence-electron chi connectivity index (χ3n) is 7.09. The molecule has 214 valence electrons. The molecule has 2 aliphatic rings. The summed E-state index contributed by atoms with van der Waals surface area (Å²) in [6.07, 6.45) is 1.93. The quantitative estimate of drug-likeness (QED) is 0.201. The van der Waals surface area contributed by atoms with Gasteiger partial charge in [0, 0.05) is 30.5 Å². The number of aryl methyl sites for hydroxylation is 1. The number of rotatable bonds is 9. The Labute approximate surface area is 236 Å². The van der Waals surface area contributed by atoms with Gasteiger partial charge in [-0.1, -0.05) is 37.6 Å². The predicted molar refractivity (Wildman–Crippen MR) is 156 cm³/mol. The number of pyridine rings is 1. The number of halogens is 4. The van der Waals surface area contributed by atoms with Gasteiger partial charge in [0.2, 0.25) is 0 Å². The number of hydrogen-bond acceptors (Lipinski definition) is 7. The van der Waals surface area contributed by atoms with E-state index in [1.165, 1.54) is 6.07 Å². The summed E-state index contributed by atoms with van der Waals surface area (Å²) in [6.45, 7) is 6.17. The predicted octanol–water partition coefficient (Wildman–Crippen LogP) is 5.47. The molecule has 1 aromatic carbocycles. The van der Waals surface area contributed by atoms with Gasteiger partial charge in [-0.15, -0.1) is 0 Å². The smallest absolute Gasteiger partial charge is 0.391 e. The average Bonchev–Trinajstić information content (AvgIpc) is 3.35. The molecule has 0 amide bonds. The van der Waals surface area contributed by atoms with Crippen molar-refractivity contribution in [2.75, 3.05) is 24.2 Å². The highest BCUT2D eigenvalue weighted by molar-refractivity contribution is 8.09. The Bertz CT molecular complexity index is 1320. The number of anilines is 2. The van der Waals surface area contributed by atoms with E-state index in [4.69, 9.17) is 5.73 Å². The topological polar surface area (TPSA) is 87.0 Å². The first-order valence-corrected chi connectivity index (χ1v) is 14.0. The molecule has 0 saturated carbocycles. The Kier molecular flexibility index (Phi) is 9.53. The number of aromatic nitrogens is 1. The molecule has 0 aliphatic carbocycles. The first-order chi connectivity index (χ1) is 19.1. The highest BCUT2D eigenvalue weighted by Crippen LogP contribution is 2.42. The summed E-state index contributed by atoms with van der Waals surface area (Å²) in [5.41, 5.74) is 4.85. The van der Waals surface area contributed by atoms with Crippen molar-refractivity contribution in [3.63, 3.8) is 0 Å². The number of alkyl halides is 4. The van der Waals surface area contributed by atoms with Crippen LogP contribution >= 0.6 is 11.8 Å². The van der Waals surface area contributed by atoms with Crippen molar-refractivity contribution in [3.8, 4) is 11.8 Å². The lowest BCUT2D eigenvalue weighted by Crippen LogP contribution is -2.52. The van der Waals surface area contributed by atoms with E-state index in [0.29, 0.717) is 12.2 Å². The molecule has 3 heterocycles. The monoisotopic (exact) mass is 574 g/mol. The second-order valence-corrected chi connectivity index (χ2v) is 10.9. The zero-order valence-corrected chi connectivity index (χ0v) is 23.3. The number of nitrogens with two attached hydrogens (primary N) is 1. The average molecular weight is 575 g/mol. The fourth-order valence-electron chi connectivity index (χ4n) is 5.05. The summed E-state index contributed by atoms with van der Waals surface area (Å²) in [4.78, 5) is 4.06. The van der Waals surface area contributed by atoms with Gasteiger partial charge >= 0.3 is 5.51 Å². The Balaban J connectivity index is 1.53. The number of piperidine rings is 1. The van der Waals surface area contributed by atoms with Crippen molar-refractivity contribution in [3.05, 3.63) is 65.5 Å². The number of nitrogens with zero attached hydrogens (tertiary/aromatic N) is 1. The summed E-state index contributed by atoms with van der Waals surface area (Å²) in [5, 5.41) is 12.6. The molecule has 2 aromatic rings. The van der Waals surface area contributed by atoms with Gasteiger partial charge in [-0.3, -0.25) is 0 Å². The van der Waals surface area contributed by atoms with Crippen LogP contribution in [-0.2, 0) is 6.42 Å². The number of nitrogens with one attached hydrogen (secondary N) is 4. The van der Waals surface area contributed by atoms with Crippen molar-refractivity contribution in [1.29, 1.82) is 0 Å². The van der Waals surface area contributed by atoms with Crippen molar-refractivity contribution in [2.45, 2.75) is 62.4 Å². The third kappa shape index (κ3) is 7.43. The minimum Gasteiger partial charge on any atom is -0.391 e. The van der Waals surface area contributed by atoms with E-state index < -0.39 is 17.7 Å². The molecule has 4 atom stereocenters. The Morgan fingerprint density at radius 1 is 1.25 bits per heavy atom. The maximum atomic E-state index is 14.9. The van der Waals surface area contributed by atoms with Gasteiger partial charge in [-0.2, -0.15) is 13.2 Å². The number of fused-ring (bicyclic) bond motifs is 2. The third-order valence-corrected chi connectivity index (χ3v) is 7.96. The second kappa shape index (κ2) is 12.9. The number of hydrogen-bond donors (Lipinski definition) is 5. The van der Waals surface area contributed by atoms with Crippen LogP contribution in [-0.4, -0.2) is 48.4 Å². The SMILES string of the molecule is C=C(NC)c1ccc(CC)c(NCC#C/C(N)=C(\SC(F)(F)F)c2cccc(NC3CC4CCC(N4)C3F)n2)c1. The van der Waals surface area contributed by atoms with E-state index >= 15 is 0 Å². The Morgan fingerprint density at radius 2 is 2.05 bits per heavy atom. The number of benzene rings is 1. The number of thioether (sulfide) groups is 1. The molecule has 2 fully saturated rings. The molecule has 0 spiro atoms. The Morgan fingerprint density at radius 3 is 2.77 bits per heavy atom. The largest absolute Gasteiger partial charge is 0.446 e. The van der Waals surface area contributed by atoms with Gasteiger partial charge in [0.15, 0.2) is 0 Å². The van der Waals surface area contributed by atoms with Crippen LogP contribution in [0.25, 0.3) is 10.6 Å². The summed E-state index contributed by atoms with van der Waals surface area (Å²) in [6, 6.07) is 10.1. The van der Waals surface area contributed by atoms with Gasteiger partial charge in [0.1, 0.15) is 12.0 Å². The van der Waals surface area contributed by atoms with Crippen LogP contribution in [0.1, 0.15) is 43.0 Å².